The van der Waals surface area contributed by atoms with Crippen molar-refractivity contribution in [3.05, 3.63) is 122 Å². The summed E-state index contributed by atoms with van der Waals surface area (Å²) in [5, 5.41) is 10.3. The van der Waals surface area contributed by atoms with Crippen molar-refractivity contribution in [2.75, 3.05) is 7.05 Å². The number of urea groups is 1. The highest BCUT2D eigenvalue weighted by Gasteiger charge is 2.27. The summed E-state index contributed by atoms with van der Waals surface area (Å²) < 4.78 is 7.33. The van der Waals surface area contributed by atoms with Crippen LogP contribution in [0.15, 0.2) is 84.9 Å². The third kappa shape index (κ3) is 12.5. The zero-order chi connectivity index (χ0) is 38.5. The minimum atomic E-state index is -0.893. The first-order chi connectivity index (χ1) is 26.0. The van der Waals surface area contributed by atoms with Crippen LogP contribution in [-0.4, -0.2) is 67.6 Å². The molecule has 12 nitrogen and oxygen atoms in total. The largest absolute Gasteiger partial charge is 0.444 e. The summed E-state index contributed by atoms with van der Waals surface area (Å²) in [7, 11) is 3.57. The van der Waals surface area contributed by atoms with Crippen LogP contribution in [0.1, 0.15) is 69.9 Å². The molecule has 0 aliphatic rings. The highest BCUT2D eigenvalue weighted by atomic mass is 32.1. The van der Waals surface area contributed by atoms with E-state index in [0.29, 0.717) is 43.8 Å². The third-order valence-electron chi connectivity index (χ3n) is 8.93. The van der Waals surface area contributed by atoms with Gasteiger partial charge in [-0.15, -0.1) is 22.7 Å². The molecule has 0 bridgehead atoms. The monoisotopic (exact) mass is 770 g/mol. The van der Waals surface area contributed by atoms with Gasteiger partial charge in [0, 0.05) is 55.8 Å². The molecule has 2 aromatic carbocycles. The van der Waals surface area contributed by atoms with Crippen LogP contribution in [0.4, 0.5) is 9.59 Å². The molecule has 5 rings (SSSR count). The van der Waals surface area contributed by atoms with Crippen molar-refractivity contribution in [2.24, 2.45) is 7.05 Å². The number of hydrogen-bond acceptors (Lipinski definition) is 9. The van der Waals surface area contributed by atoms with Crippen molar-refractivity contribution in [1.82, 2.24) is 40.4 Å². The predicted molar refractivity (Wildman–Crippen MR) is 212 cm³/mol. The number of rotatable bonds is 18. The number of amides is 4. The fraction of sp³-hybridized carbons (Fsp3) is 0.400. The lowest BCUT2D eigenvalue weighted by Crippen LogP contribution is -2.53. The minimum absolute atomic E-state index is 0.141. The molecule has 0 radical (unpaired) electrons. The molecule has 14 heteroatoms. The van der Waals surface area contributed by atoms with Gasteiger partial charge in [0.15, 0.2) is 0 Å². The minimum Gasteiger partial charge on any atom is -0.444 e. The first kappa shape index (κ1) is 40.1. The molecule has 0 aliphatic carbocycles. The van der Waals surface area contributed by atoms with E-state index in [4.69, 9.17) is 9.72 Å². The predicted octanol–water partition coefficient (Wildman–Crippen LogP) is 6.56. The molecule has 3 N–H and O–H groups in total. The van der Waals surface area contributed by atoms with Gasteiger partial charge >= 0.3 is 12.1 Å². The van der Waals surface area contributed by atoms with E-state index in [1.165, 1.54) is 11.3 Å². The van der Waals surface area contributed by atoms with E-state index in [1.54, 1.807) is 41.3 Å². The second-order valence-electron chi connectivity index (χ2n) is 13.8. The van der Waals surface area contributed by atoms with Crippen molar-refractivity contribution in [3.63, 3.8) is 0 Å². The Morgan fingerprint density at radius 1 is 0.907 bits per heavy atom. The number of benzene rings is 2. The van der Waals surface area contributed by atoms with Crippen LogP contribution in [-0.2, 0) is 49.0 Å². The van der Waals surface area contributed by atoms with Crippen molar-refractivity contribution >= 4 is 40.7 Å². The summed E-state index contributed by atoms with van der Waals surface area (Å²) in [6.45, 7) is 6.68. The molecule has 4 amide bonds. The maximum atomic E-state index is 14.2. The van der Waals surface area contributed by atoms with E-state index in [-0.39, 0.29) is 37.0 Å². The van der Waals surface area contributed by atoms with E-state index < -0.39 is 12.1 Å². The van der Waals surface area contributed by atoms with Gasteiger partial charge in [-0.2, -0.15) is 0 Å². The van der Waals surface area contributed by atoms with Crippen molar-refractivity contribution < 1.29 is 19.1 Å². The van der Waals surface area contributed by atoms with Crippen LogP contribution in [0.3, 0.4) is 0 Å². The first-order valence-corrected chi connectivity index (χ1v) is 19.9. The standard InChI is InChI=1S/C40H50N8O4S2/c1-27(2)38-45-36(28(3)54-38)23-48(5)39(50)46-35(20-33-22-47(4)25-42-33)37(49)43-31(18-29-12-8-6-9-13-29)16-17-32(19-30-14-10-7-11-15-30)44-40(51)52-24-34-21-41-26-53-34/h6-15,21-22,25-27,31-32,35H,16-20,23-24H2,1-5H3,(H,43,49)(H,44,51)(H,46,50). The highest BCUT2D eigenvalue weighted by molar-refractivity contribution is 7.11. The fourth-order valence-electron chi connectivity index (χ4n) is 6.00. The van der Waals surface area contributed by atoms with E-state index >= 15 is 0 Å². The van der Waals surface area contributed by atoms with Gasteiger partial charge in [-0.1, -0.05) is 74.5 Å². The lowest BCUT2D eigenvalue weighted by atomic mass is 9.95. The Morgan fingerprint density at radius 3 is 2.11 bits per heavy atom. The highest BCUT2D eigenvalue weighted by Crippen LogP contribution is 2.25. The smallest absolute Gasteiger partial charge is 0.407 e. The molecular weight excluding hydrogens is 721 g/mol. The third-order valence-corrected chi connectivity index (χ3v) is 11.0. The zero-order valence-electron chi connectivity index (χ0n) is 31.5. The summed E-state index contributed by atoms with van der Waals surface area (Å²) in [5.74, 6) is -0.0175. The van der Waals surface area contributed by atoms with Crippen molar-refractivity contribution in [2.45, 2.75) is 90.1 Å². The quantitative estimate of drug-likeness (QED) is 0.0916. The summed E-state index contributed by atoms with van der Waals surface area (Å²) in [6, 6.07) is 18.1. The van der Waals surface area contributed by atoms with Crippen LogP contribution in [0.2, 0.25) is 0 Å². The number of thiazole rings is 2. The maximum Gasteiger partial charge on any atom is 0.407 e. The Hall–Kier alpha value is -5.08. The fourth-order valence-corrected chi connectivity index (χ4v) is 7.44. The molecule has 286 valence electrons. The van der Waals surface area contributed by atoms with Crippen LogP contribution in [0.5, 0.6) is 0 Å². The Balaban J connectivity index is 1.31. The van der Waals surface area contributed by atoms with Gasteiger partial charge in [-0.3, -0.25) is 9.78 Å². The molecular formula is C40H50N8O4S2. The number of carbonyl (C=O) groups is 3. The molecule has 0 fully saturated rings. The lowest BCUT2D eigenvalue weighted by molar-refractivity contribution is -0.123. The summed E-state index contributed by atoms with van der Waals surface area (Å²) >= 11 is 3.07. The second-order valence-corrected chi connectivity index (χ2v) is 16.1. The zero-order valence-corrected chi connectivity index (χ0v) is 33.2. The molecule has 0 aliphatic heterocycles. The van der Waals surface area contributed by atoms with Crippen LogP contribution in [0, 0.1) is 6.92 Å². The Morgan fingerprint density at radius 2 is 1.56 bits per heavy atom. The number of hydrogen-bond donors (Lipinski definition) is 3. The molecule has 0 saturated carbocycles. The summed E-state index contributed by atoms with van der Waals surface area (Å²) in [5.41, 5.74) is 5.36. The number of carbonyl (C=O) groups excluding carboxylic acids is 3. The summed E-state index contributed by atoms with van der Waals surface area (Å²) in [4.78, 5) is 57.6. The van der Waals surface area contributed by atoms with Gasteiger partial charge in [0.05, 0.1) is 39.7 Å². The average Bonchev–Trinajstić information content (AvgIpc) is 3.92. The molecule has 0 saturated heterocycles. The molecule has 3 aromatic heterocycles. The Kier molecular flexibility index (Phi) is 14.7. The summed E-state index contributed by atoms with van der Waals surface area (Å²) in [6.07, 6.45) is 7.17. The SMILES string of the molecule is Cc1sc(C(C)C)nc1CN(C)C(=O)NC(Cc1cn(C)cn1)C(=O)NC(CCC(Cc1ccccc1)NC(=O)OCc1cncs1)Cc1ccccc1. The topological polar surface area (TPSA) is 143 Å². The van der Waals surface area contributed by atoms with Crippen molar-refractivity contribution in [3.8, 4) is 0 Å². The molecule has 3 unspecified atom stereocenters. The van der Waals surface area contributed by atoms with E-state index in [1.807, 2.05) is 85.4 Å². The number of alkyl carbamates (subject to hydrolysis) is 1. The molecule has 3 atom stereocenters. The molecule has 54 heavy (non-hydrogen) atoms. The molecule has 3 heterocycles. The van der Waals surface area contributed by atoms with Gasteiger partial charge < -0.3 is 30.2 Å². The van der Waals surface area contributed by atoms with Crippen LogP contribution < -0.4 is 16.0 Å². The van der Waals surface area contributed by atoms with E-state index in [0.717, 1.165) is 31.6 Å². The second kappa shape index (κ2) is 19.8. The van der Waals surface area contributed by atoms with Crippen LogP contribution in [0.25, 0.3) is 0 Å². The van der Waals surface area contributed by atoms with Gasteiger partial charge in [-0.05, 0) is 43.7 Å². The maximum absolute atomic E-state index is 14.2. The number of aryl methyl sites for hydroxylation is 2. The number of ether oxygens (including phenoxy) is 1. The van der Waals surface area contributed by atoms with Crippen LogP contribution >= 0.6 is 22.7 Å². The average molecular weight is 771 g/mol. The van der Waals surface area contributed by atoms with Gasteiger partial charge in [0.1, 0.15) is 12.6 Å². The number of nitrogens with one attached hydrogen (secondary N) is 3. The number of imidazole rings is 1. The Labute approximate surface area is 325 Å². The number of nitrogens with zero attached hydrogens (tertiary/aromatic N) is 5. The van der Waals surface area contributed by atoms with Gasteiger partial charge in [0.25, 0.3) is 0 Å². The van der Waals surface area contributed by atoms with Gasteiger partial charge in [-0.25, -0.2) is 19.6 Å². The van der Waals surface area contributed by atoms with Crippen molar-refractivity contribution in [1.29, 1.82) is 0 Å². The normalized spacial score (nSPS) is 12.9. The molecule has 0 spiro atoms. The molecule has 5 aromatic rings. The van der Waals surface area contributed by atoms with E-state index in [9.17, 15) is 14.4 Å². The number of aromatic nitrogens is 4. The van der Waals surface area contributed by atoms with Gasteiger partial charge in [0.2, 0.25) is 5.91 Å². The lowest BCUT2D eigenvalue weighted by Gasteiger charge is -2.27. The van der Waals surface area contributed by atoms with E-state index in [2.05, 4.69) is 39.8 Å². The first-order valence-electron chi connectivity index (χ1n) is 18.2. The Bertz CT molecular complexity index is 1910.